The van der Waals surface area contributed by atoms with Gasteiger partial charge in [-0.2, -0.15) is 0 Å². The largest absolute Gasteiger partial charge is 0.342 e. The second-order valence-corrected chi connectivity index (χ2v) is 6.22. The van der Waals surface area contributed by atoms with Gasteiger partial charge in [-0.3, -0.25) is 4.79 Å². The second kappa shape index (κ2) is 5.96. The fourth-order valence-electron chi connectivity index (χ4n) is 3.71. The van der Waals surface area contributed by atoms with E-state index >= 15 is 0 Å². The molecule has 20 heavy (non-hydrogen) atoms. The van der Waals surface area contributed by atoms with Gasteiger partial charge in [0.2, 0.25) is 5.91 Å². The zero-order valence-electron chi connectivity index (χ0n) is 12.3. The number of fused-ring (bicyclic) bond motifs is 1. The fraction of sp³-hybridized carbons (Fsp3) is 0.588. The molecule has 3 rings (SSSR count). The molecule has 1 saturated heterocycles. The summed E-state index contributed by atoms with van der Waals surface area (Å²) in [6.45, 7) is 2.91. The Bertz CT molecular complexity index is 459. The van der Waals surface area contributed by atoms with Gasteiger partial charge in [0.1, 0.15) is 0 Å². The highest BCUT2D eigenvalue weighted by Gasteiger charge is 2.32. The maximum Gasteiger partial charge on any atom is 0.226 e. The Kier molecular flexibility index (Phi) is 4.06. The Morgan fingerprint density at radius 2 is 2.00 bits per heavy atom. The normalized spacial score (nSPS) is 22.9. The molecular weight excluding hydrogens is 248 g/mol. The Hall–Kier alpha value is -1.35. The van der Waals surface area contributed by atoms with E-state index in [9.17, 15) is 4.79 Å². The number of carbonyl (C=O) groups excluding carboxylic acids is 1. The van der Waals surface area contributed by atoms with Crippen LogP contribution in [0.3, 0.4) is 0 Å². The molecule has 2 aliphatic rings. The molecule has 1 heterocycles. The lowest BCUT2D eigenvalue weighted by molar-refractivity contribution is -0.137. The number of piperidine rings is 1. The first kappa shape index (κ1) is 13.6. The smallest absolute Gasteiger partial charge is 0.226 e. The molecule has 1 atom stereocenters. The first-order valence-corrected chi connectivity index (χ1v) is 7.78. The lowest BCUT2D eigenvalue weighted by Gasteiger charge is -2.34. The summed E-state index contributed by atoms with van der Waals surface area (Å²) < 4.78 is 0. The second-order valence-electron chi connectivity index (χ2n) is 6.22. The predicted molar refractivity (Wildman–Crippen MR) is 80.6 cm³/mol. The average molecular weight is 272 g/mol. The van der Waals surface area contributed by atoms with E-state index in [0.717, 1.165) is 38.9 Å². The molecule has 0 aromatic heterocycles. The van der Waals surface area contributed by atoms with E-state index in [1.54, 1.807) is 0 Å². The van der Waals surface area contributed by atoms with Gasteiger partial charge < -0.3 is 10.2 Å². The first-order chi connectivity index (χ1) is 9.78. The van der Waals surface area contributed by atoms with Gasteiger partial charge in [-0.15, -0.1) is 0 Å². The summed E-state index contributed by atoms with van der Waals surface area (Å²) in [6, 6.07) is 8.50. The number of nitrogens with zero attached hydrogens (tertiary/aromatic N) is 1. The van der Waals surface area contributed by atoms with Crippen molar-refractivity contribution >= 4 is 5.91 Å². The van der Waals surface area contributed by atoms with Crippen molar-refractivity contribution in [2.24, 2.45) is 11.8 Å². The topological polar surface area (TPSA) is 32.3 Å². The molecule has 0 bridgehead atoms. The molecule has 1 aromatic rings. The molecule has 3 nitrogen and oxygen atoms in total. The molecule has 0 radical (unpaired) electrons. The van der Waals surface area contributed by atoms with Gasteiger partial charge in [0.25, 0.3) is 0 Å². The summed E-state index contributed by atoms with van der Waals surface area (Å²) >= 11 is 0. The van der Waals surface area contributed by atoms with E-state index in [1.807, 2.05) is 7.05 Å². The molecule has 1 aliphatic heterocycles. The summed E-state index contributed by atoms with van der Waals surface area (Å²) in [5.74, 6) is 1.18. The zero-order chi connectivity index (χ0) is 13.9. The van der Waals surface area contributed by atoms with E-state index in [2.05, 4.69) is 34.5 Å². The minimum Gasteiger partial charge on any atom is -0.342 e. The molecule has 0 spiro atoms. The summed E-state index contributed by atoms with van der Waals surface area (Å²) in [7, 11) is 1.99. The third-order valence-corrected chi connectivity index (χ3v) is 4.72. The van der Waals surface area contributed by atoms with E-state index < -0.39 is 0 Å². The SMILES string of the molecule is CNCC1CCCN(C(=O)C2Cc3ccccc3C2)C1. The number of likely N-dealkylation sites (tertiary alicyclic amines) is 1. The van der Waals surface area contributed by atoms with E-state index in [4.69, 9.17) is 0 Å². The quantitative estimate of drug-likeness (QED) is 0.911. The maximum absolute atomic E-state index is 12.7. The molecule has 1 amide bonds. The zero-order valence-corrected chi connectivity index (χ0v) is 12.3. The van der Waals surface area contributed by atoms with E-state index in [0.29, 0.717) is 11.8 Å². The van der Waals surface area contributed by atoms with Crippen molar-refractivity contribution in [3.8, 4) is 0 Å². The van der Waals surface area contributed by atoms with Gasteiger partial charge >= 0.3 is 0 Å². The highest BCUT2D eigenvalue weighted by Crippen LogP contribution is 2.29. The highest BCUT2D eigenvalue weighted by molar-refractivity contribution is 5.80. The Labute approximate surface area is 121 Å². The lowest BCUT2D eigenvalue weighted by atomic mass is 9.95. The number of nitrogens with one attached hydrogen (secondary N) is 1. The van der Waals surface area contributed by atoms with Crippen LogP contribution in [0.1, 0.15) is 24.0 Å². The minimum absolute atomic E-state index is 0.181. The molecule has 1 aliphatic carbocycles. The van der Waals surface area contributed by atoms with Crippen LogP contribution in [0.25, 0.3) is 0 Å². The van der Waals surface area contributed by atoms with Crippen molar-refractivity contribution in [3.63, 3.8) is 0 Å². The lowest BCUT2D eigenvalue weighted by Crippen LogP contribution is -2.45. The number of hydrogen-bond donors (Lipinski definition) is 1. The van der Waals surface area contributed by atoms with Crippen molar-refractivity contribution in [3.05, 3.63) is 35.4 Å². The van der Waals surface area contributed by atoms with Crippen LogP contribution in [0.4, 0.5) is 0 Å². The summed E-state index contributed by atoms with van der Waals surface area (Å²) in [5, 5.41) is 3.24. The summed E-state index contributed by atoms with van der Waals surface area (Å²) in [5.41, 5.74) is 2.74. The third kappa shape index (κ3) is 2.73. The number of benzene rings is 1. The monoisotopic (exact) mass is 272 g/mol. The number of carbonyl (C=O) groups is 1. The number of hydrogen-bond acceptors (Lipinski definition) is 2. The molecule has 1 N–H and O–H groups in total. The standard InChI is InChI=1S/C17H24N2O/c1-18-11-13-5-4-8-19(12-13)17(20)16-9-14-6-2-3-7-15(14)10-16/h2-3,6-7,13,16,18H,4-5,8-12H2,1H3. The van der Waals surface area contributed by atoms with Crippen LogP contribution in [0.15, 0.2) is 24.3 Å². The van der Waals surface area contributed by atoms with Crippen molar-refractivity contribution in [1.82, 2.24) is 10.2 Å². The maximum atomic E-state index is 12.7. The minimum atomic E-state index is 0.181. The van der Waals surface area contributed by atoms with E-state index in [1.165, 1.54) is 17.5 Å². The van der Waals surface area contributed by atoms with Crippen LogP contribution in [0, 0.1) is 11.8 Å². The van der Waals surface area contributed by atoms with Crippen molar-refractivity contribution in [2.45, 2.75) is 25.7 Å². The van der Waals surface area contributed by atoms with Crippen molar-refractivity contribution in [1.29, 1.82) is 0 Å². The molecule has 1 aromatic carbocycles. The van der Waals surface area contributed by atoms with E-state index in [-0.39, 0.29) is 5.92 Å². The summed E-state index contributed by atoms with van der Waals surface area (Å²) in [4.78, 5) is 14.8. The Morgan fingerprint density at radius 3 is 2.65 bits per heavy atom. The van der Waals surface area contributed by atoms with Gasteiger partial charge in [0, 0.05) is 19.0 Å². The molecule has 3 heteroatoms. The number of rotatable bonds is 3. The highest BCUT2D eigenvalue weighted by atomic mass is 16.2. The van der Waals surface area contributed by atoms with Gasteiger partial charge in [0.05, 0.1) is 0 Å². The van der Waals surface area contributed by atoms with Gasteiger partial charge in [0.15, 0.2) is 0 Å². The molecule has 108 valence electrons. The van der Waals surface area contributed by atoms with Crippen LogP contribution >= 0.6 is 0 Å². The first-order valence-electron chi connectivity index (χ1n) is 7.78. The Morgan fingerprint density at radius 1 is 1.30 bits per heavy atom. The van der Waals surface area contributed by atoms with Crippen LogP contribution in [0.2, 0.25) is 0 Å². The fourth-order valence-corrected chi connectivity index (χ4v) is 3.71. The van der Waals surface area contributed by atoms with Crippen LogP contribution in [-0.2, 0) is 17.6 Å². The van der Waals surface area contributed by atoms with Crippen molar-refractivity contribution < 1.29 is 4.79 Å². The van der Waals surface area contributed by atoms with Crippen LogP contribution < -0.4 is 5.32 Å². The third-order valence-electron chi connectivity index (χ3n) is 4.72. The summed E-state index contributed by atoms with van der Waals surface area (Å²) in [6.07, 6.45) is 4.26. The molecular formula is C17H24N2O. The Balaban J connectivity index is 1.63. The number of amides is 1. The molecule has 0 saturated carbocycles. The van der Waals surface area contributed by atoms with Gasteiger partial charge in [-0.05, 0) is 56.3 Å². The van der Waals surface area contributed by atoms with Crippen molar-refractivity contribution in [2.75, 3.05) is 26.7 Å². The average Bonchev–Trinajstić information content (AvgIpc) is 2.91. The predicted octanol–water partition coefficient (Wildman–Crippen LogP) is 1.86. The van der Waals surface area contributed by atoms with Crippen LogP contribution in [-0.4, -0.2) is 37.5 Å². The van der Waals surface area contributed by atoms with Crippen LogP contribution in [0.5, 0.6) is 0 Å². The molecule has 1 fully saturated rings. The van der Waals surface area contributed by atoms with Gasteiger partial charge in [-0.25, -0.2) is 0 Å². The molecule has 1 unspecified atom stereocenters. The van der Waals surface area contributed by atoms with Gasteiger partial charge in [-0.1, -0.05) is 24.3 Å².